The molecule has 2 aromatic heterocycles. The van der Waals surface area contributed by atoms with Gasteiger partial charge in [-0.05, 0) is 62.7 Å². The molecule has 4 heteroatoms. The van der Waals surface area contributed by atoms with E-state index in [0.29, 0.717) is 5.92 Å². The van der Waals surface area contributed by atoms with Gasteiger partial charge in [0, 0.05) is 11.4 Å². The Labute approximate surface area is 131 Å². The van der Waals surface area contributed by atoms with Crippen molar-refractivity contribution >= 4 is 11.3 Å². The monoisotopic (exact) mass is 303 g/mol. The van der Waals surface area contributed by atoms with Crippen LogP contribution in [0.25, 0.3) is 10.7 Å². The van der Waals surface area contributed by atoms with Gasteiger partial charge in [-0.15, -0.1) is 11.3 Å². The zero-order valence-electron chi connectivity index (χ0n) is 13.4. The lowest BCUT2D eigenvalue weighted by atomic mass is 10.1. The highest BCUT2D eigenvalue weighted by molar-refractivity contribution is 7.13. The molecule has 0 spiro atoms. The topological polar surface area (TPSA) is 37.8 Å². The Morgan fingerprint density at radius 1 is 1.19 bits per heavy atom. The molecule has 2 aromatic rings. The van der Waals surface area contributed by atoms with Crippen LogP contribution in [0.1, 0.15) is 37.2 Å². The van der Waals surface area contributed by atoms with Crippen LogP contribution in [-0.2, 0) is 6.42 Å². The molecule has 0 saturated heterocycles. The maximum absolute atomic E-state index is 4.68. The van der Waals surface area contributed by atoms with Gasteiger partial charge in [0.05, 0.1) is 4.88 Å². The van der Waals surface area contributed by atoms with Crippen molar-refractivity contribution in [1.82, 2.24) is 15.3 Å². The number of hydrogen-bond acceptors (Lipinski definition) is 4. The summed E-state index contributed by atoms with van der Waals surface area (Å²) in [6.45, 7) is 10.8. The summed E-state index contributed by atoms with van der Waals surface area (Å²) in [5.41, 5.74) is 3.55. The smallest absolute Gasteiger partial charge is 0.169 e. The quantitative estimate of drug-likeness (QED) is 0.786. The van der Waals surface area contributed by atoms with Gasteiger partial charge in [0.1, 0.15) is 0 Å². The van der Waals surface area contributed by atoms with Crippen LogP contribution in [0.5, 0.6) is 0 Å². The fourth-order valence-corrected chi connectivity index (χ4v) is 3.06. The SMILES string of the molecule is Cc1nc(-c2cccs2)nc(C)c1CCCNCC(C)C. The van der Waals surface area contributed by atoms with Crippen LogP contribution in [0.2, 0.25) is 0 Å². The first-order chi connectivity index (χ1) is 10.1. The van der Waals surface area contributed by atoms with E-state index >= 15 is 0 Å². The molecule has 0 unspecified atom stereocenters. The van der Waals surface area contributed by atoms with Crippen LogP contribution in [0, 0.1) is 19.8 Å². The van der Waals surface area contributed by atoms with Crippen LogP contribution in [0.4, 0.5) is 0 Å². The van der Waals surface area contributed by atoms with Gasteiger partial charge in [0.2, 0.25) is 0 Å². The van der Waals surface area contributed by atoms with Crippen LogP contribution >= 0.6 is 11.3 Å². The number of aromatic nitrogens is 2. The highest BCUT2D eigenvalue weighted by atomic mass is 32.1. The molecule has 0 saturated carbocycles. The van der Waals surface area contributed by atoms with Crippen molar-refractivity contribution in [2.45, 2.75) is 40.5 Å². The van der Waals surface area contributed by atoms with Crippen LogP contribution < -0.4 is 5.32 Å². The average Bonchev–Trinajstić information content (AvgIpc) is 2.94. The van der Waals surface area contributed by atoms with E-state index in [4.69, 9.17) is 0 Å². The molecule has 0 aliphatic carbocycles. The summed E-state index contributed by atoms with van der Waals surface area (Å²) in [5, 5.41) is 5.56. The van der Waals surface area contributed by atoms with Gasteiger partial charge in [-0.25, -0.2) is 9.97 Å². The van der Waals surface area contributed by atoms with Crippen molar-refractivity contribution in [2.24, 2.45) is 5.92 Å². The van der Waals surface area contributed by atoms with E-state index in [0.717, 1.165) is 48.0 Å². The van der Waals surface area contributed by atoms with Crippen molar-refractivity contribution in [3.05, 3.63) is 34.5 Å². The Balaban J connectivity index is 1.98. The molecule has 2 rings (SSSR count). The molecular weight excluding hydrogens is 278 g/mol. The maximum Gasteiger partial charge on any atom is 0.169 e. The van der Waals surface area contributed by atoms with Gasteiger partial charge in [0.15, 0.2) is 5.82 Å². The number of thiophene rings is 1. The number of hydrogen-bond donors (Lipinski definition) is 1. The molecule has 2 heterocycles. The Morgan fingerprint density at radius 3 is 2.48 bits per heavy atom. The second kappa shape index (κ2) is 7.66. The minimum Gasteiger partial charge on any atom is -0.316 e. The van der Waals surface area contributed by atoms with Crippen molar-refractivity contribution in [1.29, 1.82) is 0 Å². The highest BCUT2D eigenvalue weighted by Gasteiger charge is 2.10. The first-order valence-corrected chi connectivity index (χ1v) is 8.54. The highest BCUT2D eigenvalue weighted by Crippen LogP contribution is 2.23. The standard InChI is InChI=1S/C17H25N3S/c1-12(2)11-18-9-5-7-15-13(3)19-17(20-14(15)4)16-8-6-10-21-16/h6,8,10,12,18H,5,7,9,11H2,1-4H3. The zero-order valence-corrected chi connectivity index (χ0v) is 14.3. The van der Waals surface area contributed by atoms with Crippen molar-refractivity contribution in [3.8, 4) is 10.7 Å². The molecule has 1 N–H and O–H groups in total. The molecule has 21 heavy (non-hydrogen) atoms. The summed E-state index contributed by atoms with van der Waals surface area (Å²) in [7, 11) is 0. The van der Waals surface area contributed by atoms with Crippen molar-refractivity contribution < 1.29 is 0 Å². The summed E-state index contributed by atoms with van der Waals surface area (Å²) in [6, 6.07) is 4.12. The third-order valence-electron chi connectivity index (χ3n) is 3.50. The summed E-state index contributed by atoms with van der Waals surface area (Å²) in [6.07, 6.45) is 2.18. The lowest BCUT2D eigenvalue weighted by Crippen LogP contribution is -2.21. The molecule has 0 amide bonds. The van der Waals surface area contributed by atoms with Gasteiger partial charge in [0.25, 0.3) is 0 Å². The molecule has 114 valence electrons. The second-order valence-corrected chi connectivity index (χ2v) is 6.82. The fraction of sp³-hybridized carbons (Fsp3) is 0.529. The van der Waals surface area contributed by atoms with Crippen LogP contribution in [0.15, 0.2) is 17.5 Å². The second-order valence-electron chi connectivity index (χ2n) is 5.88. The van der Waals surface area contributed by atoms with E-state index in [9.17, 15) is 0 Å². The number of rotatable bonds is 7. The zero-order chi connectivity index (χ0) is 15.2. The van der Waals surface area contributed by atoms with E-state index < -0.39 is 0 Å². The first-order valence-electron chi connectivity index (χ1n) is 7.66. The van der Waals surface area contributed by atoms with E-state index in [1.807, 2.05) is 6.07 Å². The van der Waals surface area contributed by atoms with E-state index in [-0.39, 0.29) is 0 Å². The summed E-state index contributed by atoms with van der Waals surface area (Å²) in [4.78, 5) is 10.5. The minimum absolute atomic E-state index is 0.710. The van der Waals surface area contributed by atoms with Crippen molar-refractivity contribution in [2.75, 3.05) is 13.1 Å². The Morgan fingerprint density at radius 2 is 1.90 bits per heavy atom. The molecule has 0 radical (unpaired) electrons. The molecule has 0 fully saturated rings. The first kappa shape index (κ1) is 16.1. The maximum atomic E-state index is 4.68. The Bertz CT molecular complexity index is 538. The van der Waals surface area contributed by atoms with Crippen LogP contribution in [0.3, 0.4) is 0 Å². The van der Waals surface area contributed by atoms with Crippen LogP contribution in [-0.4, -0.2) is 23.1 Å². The third-order valence-corrected chi connectivity index (χ3v) is 4.36. The number of aryl methyl sites for hydroxylation is 2. The largest absolute Gasteiger partial charge is 0.316 e. The number of nitrogens with one attached hydrogen (secondary N) is 1. The van der Waals surface area contributed by atoms with Crippen molar-refractivity contribution in [3.63, 3.8) is 0 Å². The summed E-state index contributed by atoms with van der Waals surface area (Å²) >= 11 is 1.69. The third kappa shape index (κ3) is 4.61. The van der Waals surface area contributed by atoms with Gasteiger partial charge in [-0.3, -0.25) is 0 Å². The van der Waals surface area contributed by atoms with Gasteiger partial charge >= 0.3 is 0 Å². The summed E-state index contributed by atoms with van der Waals surface area (Å²) in [5.74, 6) is 1.57. The molecule has 0 atom stereocenters. The summed E-state index contributed by atoms with van der Waals surface area (Å²) < 4.78 is 0. The predicted molar refractivity (Wildman–Crippen MR) is 90.8 cm³/mol. The Kier molecular flexibility index (Phi) is 5.88. The predicted octanol–water partition coefficient (Wildman–Crippen LogP) is 4.00. The van der Waals surface area contributed by atoms with E-state index in [1.165, 1.54) is 5.56 Å². The molecule has 0 aliphatic rings. The van der Waals surface area contributed by atoms with E-state index in [1.54, 1.807) is 11.3 Å². The number of nitrogens with zero attached hydrogens (tertiary/aromatic N) is 2. The molecule has 3 nitrogen and oxygen atoms in total. The molecule has 0 aliphatic heterocycles. The lowest BCUT2D eigenvalue weighted by molar-refractivity contribution is 0.542. The molecule has 0 aromatic carbocycles. The van der Waals surface area contributed by atoms with Gasteiger partial charge in [-0.2, -0.15) is 0 Å². The molecular formula is C17H25N3S. The van der Waals surface area contributed by atoms with Gasteiger partial charge < -0.3 is 5.32 Å². The van der Waals surface area contributed by atoms with Gasteiger partial charge in [-0.1, -0.05) is 19.9 Å². The lowest BCUT2D eigenvalue weighted by Gasteiger charge is -2.11. The molecule has 0 bridgehead atoms. The normalized spacial score (nSPS) is 11.3. The van der Waals surface area contributed by atoms with E-state index in [2.05, 4.69) is 54.4 Å². The minimum atomic E-state index is 0.710. The average molecular weight is 303 g/mol. The fourth-order valence-electron chi connectivity index (χ4n) is 2.40. The Hall–Kier alpha value is -1.26.